The van der Waals surface area contributed by atoms with Crippen molar-refractivity contribution in [1.82, 2.24) is 5.32 Å². The molecule has 4 heteroatoms. The van der Waals surface area contributed by atoms with Gasteiger partial charge in [-0.3, -0.25) is 4.79 Å². The first-order valence-corrected chi connectivity index (χ1v) is 13.7. The van der Waals surface area contributed by atoms with Gasteiger partial charge >= 0.3 is 0 Å². The Balaban J connectivity index is 3.27. The van der Waals surface area contributed by atoms with Gasteiger partial charge in [0.15, 0.2) is 0 Å². The van der Waals surface area contributed by atoms with Crippen LogP contribution in [0, 0.1) is 0 Å². The van der Waals surface area contributed by atoms with E-state index < -0.39 is 5.72 Å². The number of aliphatic hydroxyl groups is 1. The summed E-state index contributed by atoms with van der Waals surface area (Å²) in [6.07, 6.45) is 26.9. The topological polar surface area (TPSA) is 75.4 Å². The van der Waals surface area contributed by atoms with Gasteiger partial charge in [-0.1, -0.05) is 129 Å². The second kappa shape index (κ2) is 21.2. The third kappa shape index (κ3) is 21.0. The van der Waals surface area contributed by atoms with Crippen LogP contribution in [0.1, 0.15) is 156 Å². The van der Waals surface area contributed by atoms with Crippen LogP contribution in [0.5, 0.6) is 0 Å². The second-order valence-electron chi connectivity index (χ2n) is 9.87. The molecule has 0 aromatic carbocycles. The van der Waals surface area contributed by atoms with Crippen molar-refractivity contribution < 1.29 is 9.90 Å². The summed E-state index contributed by atoms with van der Waals surface area (Å²) in [7, 11) is 0. The highest BCUT2D eigenvalue weighted by Crippen LogP contribution is 2.15. The van der Waals surface area contributed by atoms with Gasteiger partial charge in [-0.05, 0) is 19.8 Å². The van der Waals surface area contributed by atoms with Crippen LogP contribution in [0.25, 0.3) is 0 Å². The van der Waals surface area contributed by atoms with Crippen LogP contribution in [0.3, 0.4) is 0 Å². The molecule has 4 N–H and O–H groups in total. The fourth-order valence-corrected chi connectivity index (χ4v) is 4.29. The van der Waals surface area contributed by atoms with E-state index in [0.717, 1.165) is 12.8 Å². The maximum Gasteiger partial charge on any atom is 0.220 e. The van der Waals surface area contributed by atoms with E-state index in [0.29, 0.717) is 12.8 Å². The molecule has 31 heavy (non-hydrogen) atoms. The molecule has 0 bridgehead atoms. The van der Waals surface area contributed by atoms with Gasteiger partial charge in [0.25, 0.3) is 0 Å². The van der Waals surface area contributed by atoms with Crippen molar-refractivity contribution in [3.05, 3.63) is 0 Å². The number of carbonyl (C=O) groups is 1. The van der Waals surface area contributed by atoms with Crippen molar-refractivity contribution in [2.45, 2.75) is 167 Å². The SMILES string of the molecule is CCCCCCCCCCCCCCCCCCCCCC(=O)NC(CC)C(C)(N)O. The first kappa shape index (κ1) is 30.4. The summed E-state index contributed by atoms with van der Waals surface area (Å²) < 4.78 is 0. The Bertz CT molecular complexity index is 393. The van der Waals surface area contributed by atoms with Crippen molar-refractivity contribution in [3.63, 3.8) is 0 Å². The lowest BCUT2D eigenvalue weighted by Gasteiger charge is -2.28. The zero-order chi connectivity index (χ0) is 23.2. The minimum absolute atomic E-state index is 0.00421. The molecule has 2 unspecified atom stereocenters. The number of nitrogens with two attached hydrogens (primary N) is 1. The number of amides is 1. The molecule has 0 radical (unpaired) electrons. The molecule has 0 aromatic heterocycles. The highest BCUT2D eigenvalue weighted by atomic mass is 16.3. The summed E-state index contributed by atoms with van der Waals surface area (Å²) in [6, 6.07) is -0.375. The van der Waals surface area contributed by atoms with E-state index in [1.807, 2.05) is 6.92 Å². The molecular formula is C27H56N2O2. The maximum absolute atomic E-state index is 12.0. The molecule has 0 heterocycles. The largest absolute Gasteiger partial charge is 0.374 e. The Hall–Kier alpha value is -0.610. The number of hydrogen-bond acceptors (Lipinski definition) is 3. The molecule has 1 amide bonds. The van der Waals surface area contributed by atoms with Gasteiger partial charge in [0.2, 0.25) is 5.91 Å². The first-order chi connectivity index (χ1) is 14.9. The molecule has 186 valence electrons. The predicted molar refractivity (Wildman–Crippen MR) is 135 cm³/mol. The molecule has 0 aliphatic heterocycles. The van der Waals surface area contributed by atoms with Crippen LogP contribution in [0.2, 0.25) is 0 Å². The van der Waals surface area contributed by atoms with Gasteiger partial charge < -0.3 is 16.2 Å². The Morgan fingerprint density at radius 2 is 1.03 bits per heavy atom. The maximum atomic E-state index is 12.0. The van der Waals surface area contributed by atoms with Crippen molar-refractivity contribution >= 4 is 5.91 Å². The molecule has 0 fully saturated rings. The Labute approximate surface area is 194 Å². The fraction of sp³-hybridized carbons (Fsp3) is 0.963. The molecule has 0 aliphatic rings. The van der Waals surface area contributed by atoms with Crippen LogP contribution in [-0.4, -0.2) is 22.8 Å². The predicted octanol–water partition coefficient (Wildman–Crippen LogP) is 7.37. The quantitative estimate of drug-likeness (QED) is 0.115. The Morgan fingerprint density at radius 3 is 1.32 bits per heavy atom. The highest BCUT2D eigenvalue weighted by Gasteiger charge is 2.26. The molecule has 0 aliphatic carbocycles. The van der Waals surface area contributed by atoms with Crippen LogP contribution in [0.15, 0.2) is 0 Å². The number of nitrogens with one attached hydrogen (secondary N) is 1. The van der Waals surface area contributed by atoms with Gasteiger partial charge in [0.05, 0.1) is 6.04 Å². The normalized spacial score (nSPS) is 14.4. The molecule has 0 rings (SSSR count). The molecule has 0 saturated heterocycles. The molecule has 2 atom stereocenters. The van der Waals surface area contributed by atoms with E-state index in [-0.39, 0.29) is 11.9 Å². The fourth-order valence-electron chi connectivity index (χ4n) is 4.29. The lowest BCUT2D eigenvalue weighted by Crippen LogP contribution is -2.56. The molecule has 4 nitrogen and oxygen atoms in total. The average molecular weight is 441 g/mol. The van der Waals surface area contributed by atoms with E-state index in [4.69, 9.17) is 5.73 Å². The van der Waals surface area contributed by atoms with Crippen LogP contribution in [-0.2, 0) is 4.79 Å². The standard InChI is InChI=1S/C27H56N2O2/c1-4-6-7-8-9-10-11-12-13-14-15-16-17-18-19-20-21-22-23-24-26(30)29-25(5-2)27(3,28)31/h25,31H,4-24,28H2,1-3H3,(H,29,30). The molecular weight excluding hydrogens is 384 g/mol. The number of carbonyl (C=O) groups excluding carboxylic acids is 1. The summed E-state index contributed by atoms with van der Waals surface area (Å²) in [5.41, 5.74) is 4.33. The van der Waals surface area contributed by atoms with Crippen molar-refractivity contribution in [3.8, 4) is 0 Å². The number of hydrogen-bond donors (Lipinski definition) is 3. The summed E-state index contributed by atoms with van der Waals surface area (Å²) in [4.78, 5) is 12.0. The third-order valence-corrected chi connectivity index (χ3v) is 6.46. The third-order valence-electron chi connectivity index (χ3n) is 6.46. The number of rotatable bonds is 23. The minimum Gasteiger partial charge on any atom is -0.374 e. The Morgan fingerprint density at radius 1 is 0.710 bits per heavy atom. The summed E-state index contributed by atoms with van der Waals surface area (Å²) in [5, 5.41) is 12.7. The van der Waals surface area contributed by atoms with Gasteiger partial charge in [0, 0.05) is 6.42 Å². The van der Waals surface area contributed by atoms with Crippen molar-refractivity contribution in [2.75, 3.05) is 0 Å². The molecule has 0 aromatic rings. The summed E-state index contributed by atoms with van der Waals surface area (Å²) in [6.45, 7) is 5.74. The smallest absolute Gasteiger partial charge is 0.220 e. The van der Waals surface area contributed by atoms with Crippen LogP contribution < -0.4 is 11.1 Å². The molecule has 0 saturated carbocycles. The summed E-state index contributed by atoms with van der Waals surface area (Å²) >= 11 is 0. The zero-order valence-corrected chi connectivity index (χ0v) is 21.4. The van der Waals surface area contributed by atoms with E-state index in [1.165, 1.54) is 109 Å². The summed E-state index contributed by atoms with van der Waals surface area (Å²) in [5.74, 6) is 0.00421. The van der Waals surface area contributed by atoms with E-state index >= 15 is 0 Å². The van der Waals surface area contributed by atoms with Gasteiger partial charge in [-0.25, -0.2) is 0 Å². The second-order valence-corrected chi connectivity index (χ2v) is 9.87. The first-order valence-electron chi connectivity index (χ1n) is 13.7. The number of unbranched alkanes of at least 4 members (excludes halogenated alkanes) is 18. The average Bonchev–Trinajstić information content (AvgIpc) is 2.72. The van der Waals surface area contributed by atoms with Gasteiger partial charge in [0.1, 0.15) is 5.72 Å². The minimum atomic E-state index is -1.35. The lowest BCUT2D eigenvalue weighted by atomic mass is 10.0. The van der Waals surface area contributed by atoms with Gasteiger partial charge in [-0.2, -0.15) is 0 Å². The van der Waals surface area contributed by atoms with Crippen LogP contribution >= 0.6 is 0 Å². The van der Waals surface area contributed by atoms with Crippen molar-refractivity contribution in [2.24, 2.45) is 5.73 Å². The molecule has 0 spiro atoms. The Kier molecular flexibility index (Phi) is 20.8. The van der Waals surface area contributed by atoms with E-state index in [2.05, 4.69) is 12.2 Å². The van der Waals surface area contributed by atoms with Crippen molar-refractivity contribution in [1.29, 1.82) is 0 Å². The van der Waals surface area contributed by atoms with Gasteiger partial charge in [-0.15, -0.1) is 0 Å². The monoisotopic (exact) mass is 440 g/mol. The lowest BCUT2D eigenvalue weighted by molar-refractivity contribution is -0.124. The zero-order valence-electron chi connectivity index (χ0n) is 21.4. The van der Waals surface area contributed by atoms with E-state index in [1.54, 1.807) is 6.92 Å². The van der Waals surface area contributed by atoms with Crippen LogP contribution in [0.4, 0.5) is 0 Å². The van der Waals surface area contributed by atoms with E-state index in [9.17, 15) is 9.90 Å². The highest BCUT2D eigenvalue weighted by molar-refractivity contribution is 5.76.